The van der Waals surface area contributed by atoms with Crippen LogP contribution in [-0.4, -0.2) is 46.2 Å². The van der Waals surface area contributed by atoms with E-state index in [4.69, 9.17) is 4.74 Å². The number of rotatable bonds is 7. The van der Waals surface area contributed by atoms with Crippen LogP contribution in [0.4, 0.5) is 0 Å². The zero-order chi connectivity index (χ0) is 22.8. The van der Waals surface area contributed by atoms with Crippen LogP contribution in [0.15, 0.2) is 36.4 Å². The Labute approximate surface area is 187 Å². The summed E-state index contributed by atoms with van der Waals surface area (Å²) in [6, 6.07) is 11.8. The average molecular weight is 437 g/mol. The molecule has 2 atom stereocenters. The van der Waals surface area contributed by atoms with Crippen LogP contribution in [-0.2, 0) is 25.7 Å². The van der Waals surface area contributed by atoms with Gasteiger partial charge >= 0.3 is 5.97 Å². The van der Waals surface area contributed by atoms with Gasteiger partial charge in [0.1, 0.15) is 6.54 Å². The summed E-state index contributed by atoms with van der Waals surface area (Å²) in [6.45, 7) is 3.60. The van der Waals surface area contributed by atoms with Gasteiger partial charge in [0, 0.05) is 23.5 Å². The third-order valence-corrected chi connectivity index (χ3v) is 6.64. The Kier molecular flexibility index (Phi) is 6.26. The van der Waals surface area contributed by atoms with Gasteiger partial charge in [0.25, 0.3) is 0 Å². The van der Waals surface area contributed by atoms with Gasteiger partial charge in [-0.05, 0) is 38.3 Å². The number of nitrogens with zero attached hydrogens (tertiary/aromatic N) is 2. The van der Waals surface area contributed by atoms with E-state index in [0.29, 0.717) is 24.9 Å². The third-order valence-electron chi connectivity index (χ3n) is 6.64. The number of fused-ring (bicyclic) bond motifs is 1. The second kappa shape index (κ2) is 9.10. The Hall–Kier alpha value is -3.22. The summed E-state index contributed by atoms with van der Waals surface area (Å²) < 4.78 is 7.20. The average Bonchev–Trinajstić information content (AvgIpc) is 3.21. The Morgan fingerprint density at radius 2 is 1.62 bits per heavy atom. The third kappa shape index (κ3) is 4.24. The van der Waals surface area contributed by atoms with Gasteiger partial charge in [-0.2, -0.15) is 0 Å². The van der Waals surface area contributed by atoms with Gasteiger partial charge in [-0.15, -0.1) is 0 Å². The first-order valence-electron chi connectivity index (χ1n) is 11.1. The molecule has 2 fully saturated rings. The molecule has 7 heteroatoms. The summed E-state index contributed by atoms with van der Waals surface area (Å²) >= 11 is 0. The number of Topliss-reactive ketones (excluding diaryl/α,β-unsaturated/α-hetero) is 1. The van der Waals surface area contributed by atoms with E-state index in [9.17, 15) is 19.2 Å². The maximum absolute atomic E-state index is 12.7. The van der Waals surface area contributed by atoms with E-state index in [2.05, 4.69) is 0 Å². The summed E-state index contributed by atoms with van der Waals surface area (Å²) in [5.41, 5.74) is 3.38. The molecule has 4 rings (SSSR count). The van der Waals surface area contributed by atoms with Crippen molar-refractivity contribution < 1.29 is 23.9 Å². The normalized spacial score (nSPS) is 20.4. The monoisotopic (exact) mass is 436 g/mol. The Morgan fingerprint density at radius 3 is 2.25 bits per heavy atom. The zero-order valence-electron chi connectivity index (χ0n) is 18.5. The van der Waals surface area contributed by atoms with Gasteiger partial charge < -0.3 is 9.30 Å². The van der Waals surface area contributed by atoms with Crippen LogP contribution < -0.4 is 0 Å². The number of aromatic nitrogens is 1. The van der Waals surface area contributed by atoms with E-state index in [-0.39, 0.29) is 29.4 Å². The molecular formula is C25H28N2O5. The number of hydrogen-bond donors (Lipinski definition) is 0. The number of aryl methyl sites for hydroxylation is 1. The maximum atomic E-state index is 12.7. The molecule has 0 bridgehead atoms. The first kappa shape index (κ1) is 22.0. The lowest BCUT2D eigenvalue weighted by atomic mass is 9.81. The van der Waals surface area contributed by atoms with Crippen molar-refractivity contribution in [2.24, 2.45) is 11.8 Å². The van der Waals surface area contributed by atoms with Crippen LogP contribution in [0.5, 0.6) is 0 Å². The molecule has 1 saturated heterocycles. The van der Waals surface area contributed by atoms with Crippen molar-refractivity contribution in [2.75, 3.05) is 13.2 Å². The molecule has 0 spiro atoms. The van der Waals surface area contributed by atoms with Crippen LogP contribution in [0, 0.1) is 25.7 Å². The van der Waals surface area contributed by atoms with Crippen molar-refractivity contribution in [1.82, 2.24) is 9.47 Å². The number of benzene rings is 1. The first-order valence-corrected chi connectivity index (χ1v) is 11.1. The predicted molar refractivity (Wildman–Crippen MR) is 117 cm³/mol. The summed E-state index contributed by atoms with van der Waals surface area (Å²) in [5, 5.41) is 0. The molecule has 1 aromatic carbocycles. The zero-order valence-corrected chi connectivity index (χ0v) is 18.5. The number of amides is 2. The Balaban J connectivity index is 1.36. The molecule has 1 aliphatic carbocycles. The molecule has 0 unspecified atom stereocenters. The van der Waals surface area contributed by atoms with Gasteiger partial charge in [0.2, 0.25) is 17.6 Å². The molecule has 0 N–H and O–H groups in total. The fourth-order valence-corrected chi connectivity index (χ4v) is 4.88. The minimum atomic E-state index is -0.739. The number of ether oxygens (including phenoxy) is 1. The second-order valence-electron chi connectivity index (χ2n) is 8.70. The van der Waals surface area contributed by atoms with E-state index >= 15 is 0 Å². The molecule has 7 nitrogen and oxygen atoms in total. The van der Waals surface area contributed by atoms with Crippen LogP contribution in [0.1, 0.15) is 53.0 Å². The summed E-state index contributed by atoms with van der Waals surface area (Å²) in [6.07, 6.45) is 3.24. The van der Waals surface area contributed by atoms with E-state index in [0.717, 1.165) is 34.7 Å². The molecule has 0 radical (unpaired) electrons. The minimum absolute atomic E-state index is 0.285. The van der Waals surface area contributed by atoms with Gasteiger partial charge in [0.05, 0.1) is 11.8 Å². The highest BCUT2D eigenvalue weighted by Gasteiger charge is 2.48. The van der Waals surface area contributed by atoms with Crippen molar-refractivity contribution >= 4 is 23.6 Å². The predicted octanol–water partition coefficient (Wildman–Crippen LogP) is 3.05. The largest absolute Gasteiger partial charge is 0.456 e. The lowest BCUT2D eigenvalue weighted by Gasteiger charge is -2.19. The van der Waals surface area contributed by atoms with Crippen molar-refractivity contribution in [3.63, 3.8) is 0 Å². The summed E-state index contributed by atoms with van der Waals surface area (Å²) in [4.78, 5) is 51.1. The van der Waals surface area contributed by atoms with Crippen LogP contribution >= 0.6 is 0 Å². The van der Waals surface area contributed by atoms with Gasteiger partial charge in [0.15, 0.2) is 6.61 Å². The van der Waals surface area contributed by atoms with Gasteiger partial charge in [-0.1, -0.05) is 43.2 Å². The Bertz CT molecular complexity index is 1030. The molecule has 32 heavy (non-hydrogen) atoms. The fourth-order valence-electron chi connectivity index (χ4n) is 4.88. The van der Waals surface area contributed by atoms with Gasteiger partial charge in [-0.3, -0.25) is 24.1 Å². The smallest absolute Gasteiger partial charge is 0.326 e. The summed E-state index contributed by atoms with van der Waals surface area (Å²) in [7, 11) is 0. The molecule has 2 aromatic rings. The molecular weight excluding hydrogens is 408 g/mol. The van der Waals surface area contributed by atoms with Gasteiger partial charge in [-0.25, -0.2) is 0 Å². The molecule has 2 aliphatic rings. The van der Waals surface area contributed by atoms with Crippen molar-refractivity contribution in [3.05, 3.63) is 58.9 Å². The summed E-state index contributed by atoms with van der Waals surface area (Å²) in [5.74, 6) is -2.23. The van der Waals surface area contributed by atoms with Crippen molar-refractivity contribution in [1.29, 1.82) is 0 Å². The van der Waals surface area contributed by atoms with E-state index < -0.39 is 19.1 Å². The topological polar surface area (TPSA) is 85.7 Å². The van der Waals surface area contributed by atoms with Crippen LogP contribution in [0.3, 0.4) is 0 Å². The standard InChI is InChI=1S/C25H28N2O5/c1-16-12-21(17(2)26(16)13-18-8-4-3-5-9-18)22(28)15-32-23(29)14-27-24(30)19-10-6-7-11-20(19)25(27)31/h3-5,8-9,12,19-20H,6-7,10-11,13-15H2,1-2H3/t19-,20+. The fraction of sp³-hybridized carbons (Fsp3) is 0.440. The molecule has 1 aromatic heterocycles. The van der Waals surface area contributed by atoms with E-state index in [1.54, 1.807) is 6.07 Å². The number of carbonyl (C=O) groups excluding carboxylic acids is 4. The molecule has 168 valence electrons. The second-order valence-corrected chi connectivity index (χ2v) is 8.70. The highest BCUT2D eigenvalue weighted by atomic mass is 16.5. The van der Waals surface area contributed by atoms with Crippen molar-refractivity contribution in [2.45, 2.75) is 46.1 Å². The van der Waals surface area contributed by atoms with Crippen LogP contribution in [0.2, 0.25) is 0 Å². The Morgan fingerprint density at radius 1 is 1.00 bits per heavy atom. The lowest BCUT2D eigenvalue weighted by Crippen LogP contribution is -2.37. The SMILES string of the molecule is Cc1cc(C(=O)COC(=O)CN2C(=O)[C@H]3CCCC[C@H]3C2=O)c(C)n1Cc1ccccc1. The number of imide groups is 1. The molecule has 2 amide bonds. The number of ketones is 1. The first-order chi connectivity index (χ1) is 15.4. The molecule has 2 heterocycles. The van der Waals surface area contributed by atoms with E-state index in [1.807, 2.05) is 48.7 Å². The number of carbonyl (C=O) groups is 4. The lowest BCUT2D eigenvalue weighted by molar-refractivity contribution is -0.152. The number of esters is 1. The maximum Gasteiger partial charge on any atom is 0.326 e. The quantitative estimate of drug-likeness (QED) is 0.378. The highest BCUT2D eigenvalue weighted by molar-refractivity contribution is 6.07. The molecule has 1 aliphatic heterocycles. The number of likely N-dealkylation sites (tertiary alicyclic amines) is 1. The minimum Gasteiger partial charge on any atom is -0.456 e. The highest BCUT2D eigenvalue weighted by Crippen LogP contribution is 2.37. The van der Waals surface area contributed by atoms with E-state index in [1.165, 1.54) is 0 Å². The van der Waals surface area contributed by atoms with Crippen LogP contribution in [0.25, 0.3) is 0 Å². The molecule has 1 saturated carbocycles. The van der Waals surface area contributed by atoms with Crippen molar-refractivity contribution in [3.8, 4) is 0 Å². The number of hydrogen-bond acceptors (Lipinski definition) is 5.